The van der Waals surface area contributed by atoms with E-state index in [9.17, 15) is 14.0 Å². The summed E-state index contributed by atoms with van der Waals surface area (Å²) in [5, 5.41) is 0. The summed E-state index contributed by atoms with van der Waals surface area (Å²) in [5.41, 5.74) is 0. The van der Waals surface area contributed by atoms with Crippen LogP contribution < -0.4 is 4.74 Å². The highest BCUT2D eigenvalue weighted by Crippen LogP contribution is 2.11. The lowest BCUT2D eigenvalue weighted by molar-refractivity contribution is -0.132. The first kappa shape index (κ1) is 21.9. The maximum atomic E-state index is 12.8. The van der Waals surface area contributed by atoms with Crippen LogP contribution in [0.2, 0.25) is 0 Å². The van der Waals surface area contributed by atoms with Crippen LogP contribution in [0.15, 0.2) is 24.3 Å². The Morgan fingerprint density at radius 2 is 1.54 bits per heavy atom. The molecule has 146 valence electrons. The third-order valence-corrected chi connectivity index (χ3v) is 4.06. The summed E-state index contributed by atoms with van der Waals surface area (Å²) >= 11 is 0. The van der Waals surface area contributed by atoms with Gasteiger partial charge in [-0.25, -0.2) is 4.39 Å². The van der Waals surface area contributed by atoms with Crippen molar-refractivity contribution >= 4 is 11.8 Å². The lowest BCUT2D eigenvalue weighted by Crippen LogP contribution is -2.33. The fourth-order valence-corrected chi connectivity index (χ4v) is 2.60. The van der Waals surface area contributed by atoms with Gasteiger partial charge < -0.3 is 14.5 Å². The average molecular weight is 366 g/mol. The number of halogens is 1. The Morgan fingerprint density at radius 3 is 2.12 bits per heavy atom. The van der Waals surface area contributed by atoms with Gasteiger partial charge in [-0.1, -0.05) is 13.8 Å². The number of carbonyl (C=O) groups is 2. The number of hydrogen-bond donors (Lipinski definition) is 0. The second-order valence-corrected chi connectivity index (χ2v) is 6.35. The molecule has 1 aromatic carbocycles. The molecule has 0 aromatic heterocycles. The standard InChI is InChI=1S/C20H31FN2O3/c1-4-13-23(14-5-2)20(25)8-6-7-19(24)22(3)15-16-26-18-11-9-17(21)10-12-18/h9-12H,4-8,13-16H2,1-3H3. The van der Waals surface area contributed by atoms with E-state index in [2.05, 4.69) is 13.8 Å². The number of likely N-dealkylation sites (N-methyl/N-ethyl adjacent to an activating group) is 1. The molecule has 0 aliphatic carbocycles. The molecule has 2 amide bonds. The number of rotatable bonds is 12. The van der Waals surface area contributed by atoms with Crippen molar-refractivity contribution in [2.75, 3.05) is 33.3 Å². The lowest BCUT2D eigenvalue weighted by atomic mass is 10.2. The predicted molar refractivity (Wildman–Crippen MR) is 101 cm³/mol. The van der Waals surface area contributed by atoms with E-state index in [-0.39, 0.29) is 17.6 Å². The van der Waals surface area contributed by atoms with Gasteiger partial charge in [-0.2, -0.15) is 0 Å². The van der Waals surface area contributed by atoms with Crippen LogP contribution >= 0.6 is 0 Å². The van der Waals surface area contributed by atoms with E-state index in [0.29, 0.717) is 38.2 Å². The van der Waals surface area contributed by atoms with Gasteiger partial charge in [0, 0.05) is 33.0 Å². The molecule has 0 spiro atoms. The van der Waals surface area contributed by atoms with Crippen LogP contribution in [0, 0.1) is 5.82 Å². The molecule has 26 heavy (non-hydrogen) atoms. The maximum absolute atomic E-state index is 12.8. The van der Waals surface area contributed by atoms with Gasteiger partial charge in [0.2, 0.25) is 11.8 Å². The Balaban J connectivity index is 2.24. The molecular weight excluding hydrogens is 335 g/mol. The van der Waals surface area contributed by atoms with Gasteiger partial charge in [0.15, 0.2) is 0 Å². The molecule has 0 aliphatic heterocycles. The highest BCUT2D eigenvalue weighted by molar-refractivity contribution is 5.78. The van der Waals surface area contributed by atoms with Gasteiger partial charge in [0.05, 0.1) is 6.54 Å². The van der Waals surface area contributed by atoms with Crippen LogP contribution in [0.3, 0.4) is 0 Å². The summed E-state index contributed by atoms with van der Waals surface area (Å²) in [6.45, 7) is 6.46. The molecule has 0 saturated carbocycles. The zero-order valence-electron chi connectivity index (χ0n) is 16.2. The van der Waals surface area contributed by atoms with Crippen molar-refractivity contribution in [3.63, 3.8) is 0 Å². The van der Waals surface area contributed by atoms with Crippen LogP contribution in [0.4, 0.5) is 4.39 Å². The molecule has 0 heterocycles. The van der Waals surface area contributed by atoms with Gasteiger partial charge >= 0.3 is 0 Å². The van der Waals surface area contributed by atoms with E-state index in [4.69, 9.17) is 4.74 Å². The minimum atomic E-state index is -0.310. The lowest BCUT2D eigenvalue weighted by Gasteiger charge is -2.22. The van der Waals surface area contributed by atoms with Gasteiger partial charge in [-0.3, -0.25) is 9.59 Å². The molecule has 1 rings (SSSR count). The van der Waals surface area contributed by atoms with Crippen molar-refractivity contribution in [3.8, 4) is 5.75 Å². The van der Waals surface area contributed by atoms with E-state index in [0.717, 1.165) is 25.9 Å². The average Bonchev–Trinajstić information content (AvgIpc) is 2.62. The van der Waals surface area contributed by atoms with Gasteiger partial charge in [0.1, 0.15) is 18.2 Å². The summed E-state index contributed by atoms with van der Waals surface area (Å²) < 4.78 is 18.3. The molecule has 6 heteroatoms. The third-order valence-electron chi connectivity index (χ3n) is 4.06. The number of carbonyl (C=O) groups excluding carboxylic acids is 2. The molecular formula is C20H31FN2O3. The highest BCUT2D eigenvalue weighted by Gasteiger charge is 2.14. The van der Waals surface area contributed by atoms with Crippen LogP contribution in [0.5, 0.6) is 5.75 Å². The van der Waals surface area contributed by atoms with Crippen LogP contribution in [-0.2, 0) is 9.59 Å². The second-order valence-electron chi connectivity index (χ2n) is 6.35. The number of amides is 2. The number of hydrogen-bond acceptors (Lipinski definition) is 3. The largest absolute Gasteiger partial charge is 0.492 e. The van der Waals surface area contributed by atoms with Crippen molar-refractivity contribution in [3.05, 3.63) is 30.1 Å². The molecule has 0 saturated heterocycles. The zero-order valence-corrected chi connectivity index (χ0v) is 16.2. The summed E-state index contributed by atoms with van der Waals surface area (Å²) in [6, 6.07) is 5.78. The Bertz CT molecular complexity index is 542. The smallest absolute Gasteiger partial charge is 0.222 e. The molecule has 0 fully saturated rings. The Hall–Kier alpha value is -2.11. The topological polar surface area (TPSA) is 49.9 Å². The Morgan fingerprint density at radius 1 is 0.962 bits per heavy atom. The molecule has 5 nitrogen and oxygen atoms in total. The molecule has 0 unspecified atom stereocenters. The molecule has 1 aromatic rings. The molecule has 0 N–H and O–H groups in total. The minimum absolute atomic E-state index is 0.00182. The van der Waals surface area contributed by atoms with Crippen LogP contribution in [0.1, 0.15) is 46.0 Å². The van der Waals surface area contributed by atoms with Gasteiger partial charge in [-0.15, -0.1) is 0 Å². The predicted octanol–water partition coefficient (Wildman–Crippen LogP) is 3.48. The van der Waals surface area contributed by atoms with E-state index in [1.807, 2.05) is 4.90 Å². The summed E-state index contributed by atoms with van der Waals surface area (Å²) in [6.07, 6.45) is 3.21. The summed E-state index contributed by atoms with van der Waals surface area (Å²) in [5.74, 6) is 0.391. The minimum Gasteiger partial charge on any atom is -0.492 e. The maximum Gasteiger partial charge on any atom is 0.222 e. The van der Waals surface area contributed by atoms with Crippen LogP contribution in [-0.4, -0.2) is 54.9 Å². The molecule has 0 atom stereocenters. The van der Waals surface area contributed by atoms with E-state index < -0.39 is 0 Å². The zero-order chi connectivity index (χ0) is 19.4. The first-order valence-corrected chi connectivity index (χ1v) is 9.38. The van der Waals surface area contributed by atoms with E-state index in [1.165, 1.54) is 12.1 Å². The summed E-state index contributed by atoms with van der Waals surface area (Å²) in [4.78, 5) is 27.8. The number of benzene rings is 1. The van der Waals surface area contributed by atoms with Crippen molar-refractivity contribution in [2.24, 2.45) is 0 Å². The van der Waals surface area contributed by atoms with E-state index >= 15 is 0 Å². The van der Waals surface area contributed by atoms with Gasteiger partial charge in [0.25, 0.3) is 0 Å². The number of nitrogens with zero attached hydrogens (tertiary/aromatic N) is 2. The molecule has 0 bridgehead atoms. The molecule has 0 radical (unpaired) electrons. The second kappa shape index (κ2) is 12.3. The normalized spacial score (nSPS) is 10.5. The number of ether oxygens (including phenoxy) is 1. The van der Waals surface area contributed by atoms with Crippen molar-refractivity contribution in [2.45, 2.75) is 46.0 Å². The fourth-order valence-electron chi connectivity index (χ4n) is 2.60. The highest BCUT2D eigenvalue weighted by atomic mass is 19.1. The van der Waals surface area contributed by atoms with Crippen molar-refractivity contribution in [1.82, 2.24) is 9.80 Å². The Labute approximate surface area is 156 Å². The fraction of sp³-hybridized carbons (Fsp3) is 0.600. The monoisotopic (exact) mass is 366 g/mol. The van der Waals surface area contributed by atoms with E-state index in [1.54, 1.807) is 24.1 Å². The van der Waals surface area contributed by atoms with Gasteiger partial charge in [-0.05, 0) is 43.5 Å². The first-order valence-electron chi connectivity index (χ1n) is 9.38. The van der Waals surface area contributed by atoms with Crippen LogP contribution in [0.25, 0.3) is 0 Å². The van der Waals surface area contributed by atoms with Crippen molar-refractivity contribution in [1.29, 1.82) is 0 Å². The summed E-state index contributed by atoms with van der Waals surface area (Å²) in [7, 11) is 1.72. The van der Waals surface area contributed by atoms with Crippen molar-refractivity contribution < 1.29 is 18.7 Å². The SMILES string of the molecule is CCCN(CCC)C(=O)CCCC(=O)N(C)CCOc1ccc(F)cc1. The third kappa shape index (κ3) is 8.32. The molecule has 0 aliphatic rings. The quantitative estimate of drug-likeness (QED) is 0.569. The first-order chi connectivity index (χ1) is 12.5. The Kier molecular flexibility index (Phi) is 10.4.